The van der Waals surface area contributed by atoms with E-state index in [4.69, 9.17) is 4.52 Å². The number of aliphatic hydroxyl groups is 1. The van der Waals surface area contributed by atoms with Crippen LogP contribution >= 0.6 is 7.37 Å². The molecule has 0 aliphatic rings. The summed E-state index contributed by atoms with van der Waals surface area (Å²) in [6.07, 6.45) is 0.824. The molecule has 0 saturated carbocycles. The molecule has 4 nitrogen and oxygen atoms in total. The zero-order chi connectivity index (χ0) is 16.9. The fourth-order valence-electron chi connectivity index (χ4n) is 2.08. The Hall–Kier alpha value is -0.830. The molecule has 0 saturated heterocycles. The minimum atomic E-state index is -3.29. The Morgan fingerprint density at radius 3 is 2.09 bits per heavy atom. The average molecular weight is 327 g/mol. The molecule has 1 aromatic carbocycles. The van der Waals surface area contributed by atoms with E-state index in [1.54, 1.807) is 12.1 Å². The molecule has 0 spiro atoms. The lowest BCUT2D eigenvalue weighted by molar-refractivity contribution is 0.169. The normalized spacial score (nSPS) is 15.9. The predicted molar refractivity (Wildman–Crippen MR) is 94.3 cm³/mol. The summed E-state index contributed by atoms with van der Waals surface area (Å²) in [6, 6.07) is 7.41. The lowest BCUT2D eigenvalue weighted by atomic mass is 10.2. The summed E-state index contributed by atoms with van der Waals surface area (Å²) in [5.41, 5.74) is 1.02. The van der Waals surface area contributed by atoms with Crippen LogP contribution in [0, 0.1) is 11.8 Å². The minimum Gasteiger partial charge on any atom is -0.382 e. The predicted octanol–water partition coefficient (Wildman–Crippen LogP) is 3.69. The molecule has 1 N–H and O–H groups in total. The molecule has 0 fully saturated rings. The van der Waals surface area contributed by atoms with E-state index in [9.17, 15) is 9.67 Å². The van der Waals surface area contributed by atoms with Crippen LogP contribution in [0.25, 0.3) is 0 Å². The number of rotatable bonds is 8. The number of hydrogen-bond acceptors (Lipinski definition) is 4. The van der Waals surface area contributed by atoms with E-state index in [1.165, 1.54) is 0 Å². The van der Waals surface area contributed by atoms with Gasteiger partial charge in [0.15, 0.2) is 0 Å². The van der Waals surface area contributed by atoms with Crippen LogP contribution in [0.4, 0.5) is 5.69 Å². The first-order chi connectivity index (χ1) is 10.2. The number of nitrogens with zero attached hydrogens (tertiary/aromatic N) is 1. The average Bonchev–Trinajstić information content (AvgIpc) is 2.45. The third kappa shape index (κ3) is 4.84. The first-order valence-electron chi connectivity index (χ1n) is 7.88. The van der Waals surface area contributed by atoms with Crippen molar-refractivity contribution in [2.45, 2.75) is 40.0 Å². The summed E-state index contributed by atoms with van der Waals surface area (Å²) in [6.45, 7) is 8.31. The maximum atomic E-state index is 13.3. The van der Waals surface area contributed by atoms with Gasteiger partial charge in [-0.3, -0.25) is 4.57 Å². The van der Waals surface area contributed by atoms with E-state index < -0.39 is 13.2 Å². The van der Waals surface area contributed by atoms with E-state index in [-0.39, 0.29) is 5.92 Å². The van der Waals surface area contributed by atoms with Crippen molar-refractivity contribution in [1.29, 1.82) is 0 Å². The maximum Gasteiger partial charge on any atom is 0.259 e. The molecule has 0 bridgehead atoms. The molecule has 0 unspecified atom stereocenters. The van der Waals surface area contributed by atoms with Gasteiger partial charge in [-0.25, -0.2) is 0 Å². The van der Waals surface area contributed by atoms with Crippen molar-refractivity contribution in [3.63, 3.8) is 0 Å². The molecule has 0 amide bonds. The summed E-state index contributed by atoms with van der Waals surface area (Å²) < 4.78 is 19.1. The van der Waals surface area contributed by atoms with E-state index >= 15 is 0 Å². The van der Waals surface area contributed by atoms with E-state index in [2.05, 4.69) is 13.8 Å². The Morgan fingerprint density at radius 2 is 1.68 bits per heavy atom. The van der Waals surface area contributed by atoms with Crippen molar-refractivity contribution in [1.82, 2.24) is 0 Å². The molecule has 0 aliphatic carbocycles. The summed E-state index contributed by atoms with van der Waals surface area (Å²) in [5.74, 6) is -0.635. The molecule has 0 radical (unpaired) electrons. The van der Waals surface area contributed by atoms with Crippen molar-refractivity contribution < 1.29 is 14.2 Å². The van der Waals surface area contributed by atoms with Gasteiger partial charge in [0.1, 0.15) is 5.85 Å². The molecule has 2 atom stereocenters. The van der Waals surface area contributed by atoms with Crippen LogP contribution in [-0.4, -0.2) is 31.7 Å². The quantitative estimate of drug-likeness (QED) is 0.740. The Morgan fingerprint density at radius 1 is 1.14 bits per heavy atom. The second-order valence-corrected chi connectivity index (χ2v) is 9.18. The molecule has 1 aromatic rings. The van der Waals surface area contributed by atoms with Crippen LogP contribution in [0.15, 0.2) is 24.3 Å². The van der Waals surface area contributed by atoms with Crippen LogP contribution in [-0.2, 0) is 9.09 Å². The third-order valence-corrected chi connectivity index (χ3v) is 6.53. The fraction of sp³-hybridized carbons (Fsp3) is 0.647. The van der Waals surface area contributed by atoms with Crippen molar-refractivity contribution in [2.75, 3.05) is 25.6 Å². The van der Waals surface area contributed by atoms with Crippen LogP contribution in [0.1, 0.15) is 34.1 Å². The highest BCUT2D eigenvalue weighted by Crippen LogP contribution is 2.52. The van der Waals surface area contributed by atoms with Gasteiger partial charge in [-0.05, 0) is 42.5 Å². The first kappa shape index (κ1) is 19.2. The monoisotopic (exact) mass is 327 g/mol. The first-order valence-corrected chi connectivity index (χ1v) is 9.58. The summed E-state index contributed by atoms with van der Waals surface area (Å²) in [7, 11) is 0.622. The summed E-state index contributed by atoms with van der Waals surface area (Å²) in [5, 5.41) is 11.0. The number of benzene rings is 1. The SMILES string of the molecule is CC(C)CCO[P@](=O)(c1ccc(N(C)C)cc1)[C@H](O)C(C)C. The van der Waals surface area contributed by atoms with Crippen LogP contribution in [0.3, 0.4) is 0 Å². The highest BCUT2D eigenvalue weighted by Gasteiger charge is 2.37. The van der Waals surface area contributed by atoms with Gasteiger partial charge < -0.3 is 14.5 Å². The van der Waals surface area contributed by atoms with Crippen molar-refractivity contribution in [3.05, 3.63) is 24.3 Å². The van der Waals surface area contributed by atoms with Crippen LogP contribution < -0.4 is 10.2 Å². The molecular weight excluding hydrogens is 297 g/mol. The molecule has 0 aromatic heterocycles. The van der Waals surface area contributed by atoms with E-state index in [0.29, 0.717) is 17.8 Å². The largest absolute Gasteiger partial charge is 0.382 e. The minimum absolute atomic E-state index is 0.126. The fourth-order valence-corrected chi connectivity index (χ4v) is 4.41. The number of hydrogen-bond donors (Lipinski definition) is 1. The summed E-state index contributed by atoms with van der Waals surface area (Å²) >= 11 is 0. The number of anilines is 1. The molecule has 22 heavy (non-hydrogen) atoms. The van der Waals surface area contributed by atoms with Crippen molar-refractivity contribution in [2.24, 2.45) is 11.8 Å². The summed E-state index contributed by atoms with van der Waals surface area (Å²) in [4.78, 5) is 1.98. The third-order valence-electron chi connectivity index (χ3n) is 3.65. The second kappa shape index (κ2) is 8.14. The lowest BCUT2D eigenvalue weighted by Crippen LogP contribution is -2.24. The van der Waals surface area contributed by atoms with Gasteiger partial charge in [-0.15, -0.1) is 0 Å². The number of aliphatic hydroxyl groups excluding tert-OH is 1. The Labute approximate surface area is 134 Å². The molecule has 126 valence electrons. The van der Waals surface area contributed by atoms with E-state index in [1.807, 2.05) is 45.0 Å². The Balaban J connectivity index is 3.06. The van der Waals surface area contributed by atoms with Gasteiger partial charge in [-0.1, -0.05) is 27.7 Å². The smallest absolute Gasteiger partial charge is 0.259 e. The van der Waals surface area contributed by atoms with Crippen LogP contribution in [0.5, 0.6) is 0 Å². The maximum absolute atomic E-state index is 13.3. The zero-order valence-corrected chi connectivity index (χ0v) is 15.5. The topological polar surface area (TPSA) is 49.8 Å². The van der Waals surface area contributed by atoms with Gasteiger partial charge in [0.2, 0.25) is 0 Å². The molecular formula is C17H30NO3P. The molecule has 0 heterocycles. The zero-order valence-electron chi connectivity index (χ0n) is 14.6. The standard InChI is InChI=1S/C17H30NO3P/c1-13(2)11-12-21-22(20,17(19)14(3)4)16-9-7-15(8-10-16)18(5)6/h7-10,13-14,17,19H,11-12H2,1-6H3/t17-,22+/m0/s1. The van der Waals surface area contributed by atoms with Crippen LogP contribution in [0.2, 0.25) is 0 Å². The highest BCUT2D eigenvalue weighted by molar-refractivity contribution is 7.67. The lowest BCUT2D eigenvalue weighted by Gasteiger charge is -2.27. The van der Waals surface area contributed by atoms with Gasteiger partial charge in [-0.2, -0.15) is 0 Å². The van der Waals surface area contributed by atoms with Gasteiger partial charge >= 0.3 is 0 Å². The molecule has 1 rings (SSSR count). The highest BCUT2D eigenvalue weighted by atomic mass is 31.2. The van der Waals surface area contributed by atoms with Gasteiger partial charge in [0, 0.05) is 25.1 Å². The second-order valence-electron chi connectivity index (χ2n) is 6.68. The molecule has 0 aliphatic heterocycles. The Kier molecular flexibility index (Phi) is 7.11. The molecule has 5 heteroatoms. The Bertz CT molecular complexity index is 497. The van der Waals surface area contributed by atoms with Crippen molar-refractivity contribution in [3.8, 4) is 0 Å². The van der Waals surface area contributed by atoms with Crippen molar-refractivity contribution >= 4 is 18.4 Å². The van der Waals surface area contributed by atoms with Gasteiger partial charge in [0.25, 0.3) is 7.37 Å². The van der Waals surface area contributed by atoms with E-state index in [0.717, 1.165) is 12.1 Å². The van der Waals surface area contributed by atoms with Gasteiger partial charge in [0.05, 0.1) is 6.61 Å².